The average molecular weight is 639 g/mol. The maximum atomic E-state index is 2.45. The second-order valence-corrected chi connectivity index (χ2v) is 12.6. The lowest BCUT2D eigenvalue weighted by molar-refractivity contribution is 1.18. The third-order valence-corrected chi connectivity index (χ3v) is 9.59. The van der Waals surface area contributed by atoms with Crippen LogP contribution in [0.5, 0.6) is 0 Å². The largest absolute Gasteiger partial charge is 0.309 e. The number of fused-ring (bicyclic) bond motifs is 3. The zero-order chi connectivity index (χ0) is 33.3. The van der Waals surface area contributed by atoms with Gasteiger partial charge in [0.15, 0.2) is 0 Å². The van der Waals surface area contributed by atoms with Crippen molar-refractivity contribution in [1.82, 2.24) is 4.57 Å². The molecule has 0 aliphatic rings. The Morgan fingerprint density at radius 1 is 0.340 bits per heavy atom. The standard InChI is InChI=1S/C48H34N2/c1-5-16-35(17-6-1)37-28-31-41(32-29-37)50(45-33-30-39(36-18-7-2-8-19-36)34-43(45)38-20-9-3-10-21-38)47-27-15-26-46-48(47)42-24-13-14-25-44(42)49(46)40-22-11-4-12-23-40/h1-34H. The summed E-state index contributed by atoms with van der Waals surface area (Å²) < 4.78 is 2.39. The van der Waals surface area contributed by atoms with Gasteiger partial charge in [0.2, 0.25) is 0 Å². The second-order valence-electron chi connectivity index (χ2n) is 12.6. The van der Waals surface area contributed by atoms with Crippen LogP contribution in [0.15, 0.2) is 206 Å². The highest BCUT2D eigenvalue weighted by Crippen LogP contribution is 2.47. The van der Waals surface area contributed by atoms with Crippen molar-refractivity contribution < 1.29 is 0 Å². The zero-order valence-corrected chi connectivity index (χ0v) is 27.5. The van der Waals surface area contributed by atoms with Gasteiger partial charge < -0.3 is 9.47 Å². The van der Waals surface area contributed by atoms with Crippen LogP contribution in [0.25, 0.3) is 60.9 Å². The molecular weight excluding hydrogens is 605 g/mol. The third-order valence-electron chi connectivity index (χ3n) is 9.59. The molecule has 1 aromatic heterocycles. The lowest BCUT2D eigenvalue weighted by Crippen LogP contribution is -2.12. The summed E-state index contributed by atoms with van der Waals surface area (Å²) in [5.74, 6) is 0. The van der Waals surface area contributed by atoms with E-state index in [0.29, 0.717) is 0 Å². The van der Waals surface area contributed by atoms with Gasteiger partial charge in [-0.2, -0.15) is 0 Å². The van der Waals surface area contributed by atoms with E-state index in [-0.39, 0.29) is 0 Å². The molecule has 0 aliphatic carbocycles. The highest BCUT2D eigenvalue weighted by molar-refractivity contribution is 6.17. The number of nitrogens with zero attached hydrogens (tertiary/aromatic N) is 2. The zero-order valence-electron chi connectivity index (χ0n) is 27.5. The summed E-state index contributed by atoms with van der Waals surface area (Å²) in [6.07, 6.45) is 0. The van der Waals surface area contributed by atoms with Crippen molar-refractivity contribution in [2.75, 3.05) is 4.90 Å². The number of benzene rings is 8. The van der Waals surface area contributed by atoms with E-state index in [1.807, 2.05) is 0 Å². The number of anilines is 3. The number of hydrogen-bond donors (Lipinski definition) is 0. The first-order valence-electron chi connectivity index (χ1n) is 17.1. The van der Waals surface area contributed by atoms with Crippen molar-refractivity contribution >= 4 is 38.9 Å². The molecule has 0 saturated heterocycles. The van der Waals surface area contributed by atoms with Crippen LogP contribution >= 0.6 is 0 Å². The molecule has 0 amide bonds. The topological polar surface area (TPSA) is 8.17 Å². The quantitative estimate of drug-likeness (QED) is 0.169. The lowest BCUT2D eigenvalue weighted by atomic mass is 9.95. The molecule has 9 aromatic rings. The van der Waals surface area contributed by atoms with E-state index in [1.165, 1.54) is 55.2 Å². The van der Waals surface area contributed by atoms with E-state index in [9.17, 15) is 0 Å². The molecule has 0 spiro atoms. The molecule has 0 N–H and O–H groups in total. The van der Waals surface area contributed by atoms with Gasteiger partial charge in [0, 0.05) is 27.7 Å². The highest BCUT2D eigenvalue weighted by atomic mass is 15.2. The van der Waals surface area contributed by atoms with Gasteiger partial charge in [-0.3, -0.25) is 0 Å². The molecule has 50 heavy (non-hydrogen) atoms. The van der Waals surface area contributed by atoms with E-state index >= 15 is 0 Å². The van der Waals surface area contributed by atoms with Crippen molar-refractivity contribution in [1.29, 1.82) is 0 Å². The van der Waals surface area contributed by atoms with E-state index < -0.39 is 0 Å². The minimum Gasteiger partial charge on any atom is -0.309 e. The molecule has 2 heteroatoms. The first-order valence-corrected chi connectivity index (χ1v) is 17.1. The van der Waals surface area contributed by atoms with Gasteiger partial charge in [0.25, 0.3) is 0 Å². The smallest absolute Gasteiger partial charge is 0.0562 e. The fourth-order valence-corrected chi connectivity index (χ4v) is 7.27. The lowest BCUT2D eigenvalue weighted by Gasteiger charge is -2.29. The van der Waals surface area contributed by atoms with Crippen molar-refractivity contribution in [2.24, 2.45) is 0 Å². The molecule has 1 heterocycles. The minimum atomic E-state index is 1.10. The van der Waals surface area contributed by atoms with E-state index in [1.54, 1.807) is 0 Å². The van der Waals surface area contributed by atoms with E-state index in [2.05, 4.69) is 216 Å². The molecule has 9 rings (SSSR count). The summed E-state index contributed by atoms with van der Waals surface area (Å²) in [7, 11) is 0. The number of rotatable bonds is 7. The molecule has 0 saturated carbocycles. The van der Waals surface area contributed by atoms with Gasteiger partial charge in [-0.05, 0) is 82.4 Å². The maximum absolute atomic E-state index is 2.45. The van der Waals surface area contributed by atoms with Crippen LogP contribution < -0.4 is 4.90 Å². The molecule has 8 aromatic carbocycles. The highest BCUT2D eigenvalue weighted by Gasteiger charge is 2.23. The molecule has 0 atom stereocenters. The van der Waals surface area contributed by atoms with Crippen molar-refractivity contribution in [3.63, 3.8) is 0 Å². The van der Waals surface area contributed by atoms with Crippen LogP contribution in [0.1, 0.15) is 0 Å². The fourth-order valence-electron chi connectivity index (χ4n) is 7.27. The van der Waals surface area contributed by atoms with Crippen LogP contribution in [-0.4, -0.2) is 4.57 Å². The summed E-state index contributed by atoms with van der Waals surface area (Å²) in [5, 5.41) is 2.43. The van der Waals surface area contributed by atoms with Gasteiger partial charge in [-0.25, -0.2) is 0 Å². The predicted octanol–water partition coefficient (Wildman–Crippen LogP) is 13.3. The summed E-state index contributed by atoms with van der Waals surface area (Å²) in [5.41, 5.74) is 14.0. The van der Waals surface area contributed by atoms with Gasteiger partial charge in [-0.1, -0.05) is 152 Å². The fraction of sp³-hybridized carbons (Fsp3) is 0. The first kappa shape index (κ1) is 29.5. The van der Waals surface area contributed by atoms with Crippen LogP contribution in [-0.2, 0) is 0 Å². The van der Waals surface area contributed by atoms with Gasteiger partial charge in [0.1, 0.15) is 0 Å². The van der Waals surface area contributed by atoms with Crippen LogP contribution in [0.2, 0.25) is 0 Å². The van der Waals surface area contributed by atoms with Gasteiger partial charge in [-0.15, -0.1) is 0 Å². The Morgan fingerprint density at radius 2 is 0.860 bits per heavy atom. The Kier molecular flexibility index (Phi) is 7.53. The number of para-hydroxylation sites is 2. The molecule has 2 nitrogen and oxygen atoms in total. The molecule has 0 fully saturated rings. The molecule has 236 valence electrons. The average Bonchev–Trinajstić information content (AvgIpc) is 3.55. The number of hydrogen-bond acceptors (Lipinski definition) is 1. The summed E-state index contributed by atoms with van der Waals surface area (Å²) in [6, 6.07) is 74.1. The SMILES string of the molecule is c1ccc(-c2ccc(N(c3ccc(-c4ccccc4)cc3-c3ccccc3)c3cccc4c3c3ccccc3n4-c3ccccc3)cc2)cc1. The molecule has 0 bridgehead atoms. The van der Waals surface area contributed by atoms with Gasteiger partial charge in [0.05, 0.1) is 22.4 Å². The third kappa shape index (κ3) is 5.24. The molecule has 0 aliphatic heterocycles. The van der Waals surface area contributed by atoms with Crippen LogP contribution in [0, 0.1) is 0 Å². The normalized spacial score (nSPS) is 11.2. The minimum absolute atomic E-state index is 1.10. The Balaban J connectivity index is 1.34. The van der Waals surface area contributed by atoms with Crippen LogP contribution in [0.4, 0.5) is 17.1 Å². The molecular formula is C48H34N2. The Hall–Kier alpha value is -6.64. The predicted molar refractivity (Wildman–Crippen MR) is 212 cm³/mol. The Labute approximate surface area is 292 Å². The van der Waals surface area contributed by atoms with E-state index in [0.717, 1.165) is 22.7 Å². The monoisotopic (exact) mass is 638 g/mol. The molecule has 0 radical (unpaired) electrons. The summed E-state index contributed by atoms with van der Waals surface area (Å²) in [6.45, 7) is 0. The van der Waals surface area contributed by atoms with Gasteiger partial charge >= 0.3 is 0 Å². The maximum Gasteiger partial charge on any atom is 0.0562 e. The second kappa shape index (κ2) is 12.8. The van der Waals surface area contributed by atoms with Crippen molar-refractivity contribution in [3.8, 4) is 39.1 Å². The van der Waals surface area contributed by atoms with Crippen LogP contribution in [0.3, 0.4) is 0 Å². The van der Waals surface area contributed by atoms with Crippen molar-refractivity contribution in [3.05, 3.63) is 206 Å². The first-order chi connectivity index (χ1) is 24.8. The van der Waals surface area contributed by atoms with E-state index in [4.69, 9.17) is 0 Å². The molecule has 0 unspecified atom stereocenters. The Morgan fingerprint density at radius 3 is 1.54 bits per heavy atom. The summed E-state index contributed by atoms with van der Waals surface area (Å²) in [4.78, 5) is 2.45. The van der Waals surface area contributed by atoms with Crippen molar-refractivity contribution in [2.45, 2.75) is 0 Å². The number of aromatic nitrogens is 1. The summed E-state index contributed by atoms with van der Waals surface area (Å²) >= 11 is 0. The Bertz CT molecular complexity index is 2550.